The highest BCUT2D eigenvalue weighted by molar-refractivity contribution is 7.92. The maximum Gasteiger partial charge on any atom is 0.261 e. The Balaban J connectivity index is 1.82. The number of primary sulfonamides is 1. The molecule has 0 radical (unpaired) electrons. The summed E-state index contributed by atoms with van der Waals surface area (Å²) < 4.78 is 63.3. The fourth-order valence-corrected chi connectivity index (χ4v) is 4.15. The van der Waals surface area contributed by atoms with Crippen molar-refractivity contribution in [2.24, 2.45) is 5.14 Å². The van der Waals surface area contributed by atoms with Crippen LogP contribution in [0, 0.1) is 5.82 Å². The molecule has 4 N–H and O–H groups in total. The van der Waals surface area contributed by atoms with Gasteiger partial charge in [0.15, 0.2) is 0 Å². The average Bonchev–Trinajstić information content (AvgIpc) is 2.69. The average molecular weight is 449 g/mol. The molecule has 0 unspecified atom stereocenters. The zero-order chi connectivity index (χ0) is 21.9. The van der Waals surface area contributed by atoms with Gasteiger partial charge in [-0.3, -0.25) is 9.52 Å². The van der Waals surface area contributed by atoms with Gasteiger partial charge in [0.1, 0.15) is 5.82 Å². The lowest BCUT2D eigenvalue weighted by atomic mass is 10.2. The van der Waals surface area contributed by atoms with Crippen LogP contribution in [0.2, 0.25) is 0 Å². The smallest absolute Gasteiger partial charge is 0.261 e. The molecule has 3 rings (SSSR count). The molecule has 156 valence electrons. The summed E-state index contributed by atoms with van der Waals surface area (Å²) >= 11 is 0. The molecule has 0 bridgehead atoms. The van der Waals surface area contributed by atoms with Crippen molar-refractivity contribution in [2.75, 3.05) is 10.0 Å². The molecule has 0 saturated carbocycles. The van der Waals surface area contributed by atoms with E-state index in [9.17, 15) is 26.0 Å². The summed E-state index contributed by atoms with van der Waals surface area (Å²) in [6.07, 6.45) is 0. The molecule has 0 heterocycles. The van der Waals surface area contributed by atoms with Gasteiger partial charge in [-0.25, -0.2) is 26.4 Å². The normalized spacial score (nSPS) is 11.7. The van der Waals surface area contributed by atoms with Crippen LogP contribution in [0.5, 0.6) is 0 Å². The van der Waals surface area contributed by atoms with Gasteiger partial charge in [-0.1, -0.05) is 12.1 Å². The standard InChI is InChI=1S/C19H16FN3O5S2/c20-14-7-9-15(10-8-14)23-30(27,28)18-6-1-3-13(11-18)19(24)22-16-4-2-5-17(12-16)29(21,25)26/h1-12,23H,(H,22,24)(H2,21,25,26). The van der Waals surface area contributed by atoms with Crippen LogP contribution in [-0.2, 0) is 20.0 Å². The number of amides is 1. The molecular formula is C19H16FN3O5S2. The minimum absolute atomic E-state index is 0.0259. The van der Waals surface area contributed by atoms with Gasteiger partial charge in [0.05, 0.1) is 9.79 Å². The van der Waals surface area contributed by atoms with Gasteiger partial charge in [0, 0.05) is 16.9 Å². The summed E-state index contributed by atoms with van der Waals surface area (Å²) in [5.74, 6) is -1.16. The summed E-state index contributed by atoms with van der Waals surface area (Å²) in [7, 11) is -7.98. The van der Waals surface area contributed by atoms with Gasteiger partial charge in [0.2, 0.25) is 10.0 Å². The van der Waals surface area contributed by atoms with Gasteiger partial charge in [-0.2, -0.15) is 0 Å². The van der Waals surface area contributed by atoms with E-state index in [0.29, 0.717) is 0 Å². The second-order valence-electron chi connectivity index (χ2n) is 6.17. The largest absolute Gasteiger partial charge is 0.322 e. The van der Waals surface area contributed by atoms with E-state index in [4.69, 9.17) is 5.14 Å². The van der Waals surface area contributed by atoms with Gasteiger partial charge >= 0.3 is 0 Å². The van der Waals surface area contributed by atoms with Crippen LogP contribution in [0.25, 0.3) is 0 Å². The summed E-state index contributed by atoms with van der Waals surface area (Å²) in [6, 6.07) is 15.3. The Morgan fingerprint density at radius 3 is 2.10 bits per heavy atom. The van der Waals surface area contributed by atoms with Crippen molar-refractivity contribution in [1.82, 2.24) is 0 Å². The van der Waals surface area contributed by atoms with Gasteiger partial charge in [-0.05, 0) is 60.7 Å². The van der Waals surface area contributed by atoms with E-state index in [1.807, 2.05) is 0 Å². The van der Waals surface area contributed by atoms with E-state index in [1.54, 1.807) is 0 Å². The quantitative estimate of drug-likeness (QED) is 0.531. The van der Waals surface area contributed by atoms with Crippen LogP contribution in [0.15, 0.2) is 82.6 Å². The Hall–Kier alpha value is -3.28. The second-order valence-corrected chi connectivity index (χ2v) is 9.41. The fraction of sp³-hybridized carbons (Fsp3) is 0. The Labute approximate surface area is 172 Å². The minimum Gasteiger partial charge on any atom is -0.322 e. The van der Waals surface area contributed by atoms with E-state index in [0.717, 1.165) is 18.2 Å². The summed E-state index contributed by atoms with van der Waals surface area (Å²) in [5.41, 5.74) is 0.355. The van der Waals surface area contributed by atoms with Crippen molar-refractivity contribution in [2.45, 2.75) is 9.79 Å². The van der Waals surface area contributed by atoms with Gasteiger partial charge in [-0.15, -0.1) is 0 Å². The van der Waals surface area contributed by atoms with Gasteiger partial charge in [0.25, 0.3) is 15.9 Å². The zero-order valence-corrected chi connectivity index (χ0v) is 16.9. The molecule has 0 aliphatic heterocycles. The molecule has 8 nitrogen and oxygen atoms in total. The van der Waals surface area contributed by atoms with E-state index in [1.165, 1.54) is 54.6 Å². The molecule has 0 saturated heterocycles. The van der Waals surface area contributed by atoms with Crippen LogP contribution in [0.1, 0.15) is 10.4 Å². The minimum atomic E-state index is -4.03. The highest BCUT2D eigenvalue weighted by atomic mass is 32.2. The van der Waals surface area contributed by atoms with Crippen molar-refractivity contribution < 1.29 is 26.0 Å². The molecule has 0 fully saturated rings. The third kappa shape index (κ3) is 5.20. The number of nitrogens with one attached hydrogen (secondary N) is 2. The zero-order valence-electron chi connectivity index (χ0n) is 15.2. The van der Waals surface area contributed by atoms with Crippen molar-refractivity contribution in [3.8, 4) is 0 Å². The third-order valence-electron chi connectivity index (χ3n) is 3.92. The number of nitrogens with two attached hydrogens (primary N) is 1. The van der Waals surface area contributed by atoms with Crippen LogP contribution >= 0.6 is 0 Å². The second kappa shape index (κ2) is 8.22. The summed E-state index contributed by atoms with van der Waals surface area (Å²) in [5, 5.41) is 7.56. The number of anilines is 2. The number of sulfonamides is 2. The molecule has 0 aromatic heterocycles. The number of carbonyl (C=O) groups is 1. The monoisotopic (exact) mass is 449 g/mol. The number of halogens is 1. The molecule has 0 atom stereocenters. The summed E-state index contributed by atoms with van der Waals surface area (Å²) in [4.78, 5) is 12.1. The number of hydrogen-bond acceptors (Lipinski definition) is 5. The Kier molecular flexibility index (Phi) is 5.87. The lowest BCUT2D eigenvalue weighted by molar-refractivity contribution is 0.102. The molecular weight excluding hydrogens is 433 g/mol. The lowest BCUT2D eigenvalue weighted by Gasteiger charge is -2.10. The molecule has 3 aromatic carbocycles. The van der Waals surface area contributed by atoms with E-state index in [-0.39, 0.29) is 26.7 Å². The lowest BCUT2D eigenvalue weighted by Crippen LogP contribution is -2.16. The van der Waals surface area contributed by atoms with E-state index >= 15 is 0 Å². The molecule has 3 aromatic rings. The molecule has 11 heteroatoms. The number of hydrogen-bond donors (Lipinski definition) is 3. The Bertz CT molecular complexity index is 1310. The molecule has 0 spiro atoms. The first-order valence-electron chi connectivity index (χ1n) is 8.37. The first-order valence-corrected chi connectivity index (χ1v) is 11.4. The van der Waals surface area contributed by atoms with Crippen LogP contribution in [0.4, 0.5) is 15.8 Å². The first-order chi connectivity index (χ1) is 14.0. The van der Waals surface area contributed by atoms with Gasteiger partial charge < -0.3 is 5.32 Å². The van der Waals surface area contributed by atoms with Crippen molar-refractivity contribution in [3.05, 3.63) is 84.2 Å². The molecule has 30 heavy (non-hydrogen) atoms. The fourth-order valence-electron chi connectivity index (χ4n) is 2.49. The molecule has 1 amide bonds. The predicted molar refractivity (Wildman–Crippen MR) is 109 cm³/mol. The SMILES string of the molecule is NS(=O)(=O)c1cccc(NC(=O)c2cccc(S(=O)(=O)Nc3ccc(F)cc3)c2)c1. The topological polar surface area (TPSA) is 135 Å². The highest BCUT2D eigenvalue weighted by Crippen LogP contribution is 2.19. The maximum absolute atomic E-state index is 13.0. The maximum atomic E-state index is 13.0. The van der Waals surface area contributed by atoms with Crippen molar-refractivity contribution in [1.29, 1.82) is 0 Å². The number of carbonyl (C=O) groups excluding carboxylic acids is 1. The van der Waals surface area contributed by atoms with E-state index < -0.39 is 31.8 Å². The van der Waals surface area contributed by atoms with Crippen molar-refractivity contribution >= 4 is 37.3 Å². The molecule has 0 aliphatic carbocycles. The first kappa shape index (κ1) is 21.4. The number of benzene rings is 3. The highest BCUT2D eigenvalue weighted by Gasteiger charge is 2.17. The predicted octanol–water partition coefficient (Wildman–Crippen LogP) is 2.53. The number of rotatable bonds is 6. The summed E-state index contributed by atoms with van der Waals surface area (Å²) in [6.45, 7) is 0. The Morgan fingerprint density at radius 1 is 0.800 bits per heavy atom. The third-order valence-corrected chi connectivity index (χ3v) is 6.21. The van der Waals surface area contributed by atoms with E-state index in [2.05, 4.69) is 10.0 Å². The van der Waals surface area contributed by atoms with Crippen LogP contribution in [-0.4, -0.2) is 22.7 Å². The Morgan fingerprint density at radius 2 is 1.43 bits per heavy atom. The van der Waals surface area contributed by atoms with Crippen LogP contribution in [0.3, 0.4) is 0 Å². The molecule has 0 aliphatic rings. The van der Waals surface area contributed by atoms with Crippen molar-refractivity contribution in [3.63, 3.8) is 0 Å². The van der Waals surface area contributed by atoms with Crippen LogP contribution < -0.4 is 15.2 Å².